The number of thiazole rings is 1. The summed E-state index contributed by atoms with van der Waals surface area (Å²) in [6, 6.07) is 4.27. The van der Waals surface area contributed by atoms with E-state index in [0.717, 1.165) is 4.88 Å². The fourth-order valence-electron chi connectivity index (χ4n) is 1.09. The van der Waals surface area contributed by atoms with E-state index in [0.29, 0.717) is 21.3 Å². The number of nitrogens with zero attached hydrogens (tertiary/aromatic N) is 1. The normalized spacial score (nSPS) is 10.4. The van der Waals surface area contributed by atoms with Crippen molar-refractivity contribution in [2.45, 2.75) is 6.61 Å². The average molecular weight is 323 g/mol. The molecule has 1 aromatic heterocycles. The molecule has 0 aliphatic heterocycles. The van der Waals surface area contributed by atoms with Crippen LogP contribution in [-0.4, -0.2) is 4.98 Å². The number of halogens is 3. The zero-order valence-corrected chi connectivity index (χ0v) is 11.1. The van der Waals surface area contributed by atoms with E-state index < -0.39 is 0 Å². The molecular weight excluding hydrogens is 317 g/mol. The maximum atomic E-state index is 12.8. The zero-order valence-electron chi connectivity index (χ0n) is 7.91. The Morgan fingerprint density at radius 2 is 2.31 bits per heavy atom. The Morgan fingerprint density at radius 1 is 1.50 bits per heavy atom. The lowest BCUT2D eigenvalue weighted by Gasteiger charge is -2.06. The predicted molar refractivity (Wildman–Crippen MR) is 65.6 cm³/mol. The Kier molecular flexibility index (Phi) is 3.78. The van der Waals surface area contributed by atoms with Gasteiger partial charge < -0.3 is 4.74 Å². The van der Waals surface area contributed by atoms with Gasteiger partial charge in [-0.2, -0.15) is 0 Å². The molecule has 1 heterocycles. The number of aromatic nitrogens is 1. The molecule has 2 nitrogen and oxygen atoms in total. The van der Waals surface area contributed by atoms with Gasteiger partial charge in [0.05, 0.1) is 9.35 Å². The molecule has 2 aromatic rings. The summed E-state index contributed by atoms with van der Waals surface area (Å²) >= 11 is 10.3. The van der Waals surface area contributed by atoms with Crippen molar-refractivity contribution in [3.05, 3.63) is 44.0 Å². The second-order valence-electron chi connectivity index (χ2n) is 2.94. The molecule has 0 atom stereocenters. The van der Waals surface area contributed by atoms with Crippen LogP contribution >= 0.6 is 38.9 Å². The van der Waals surface area contributed by atoms with E-state index >= 15 is 0 Å². The molecule has 2 rings (SSSR count). The Labute approximate surface area is 109 Å². The van der Waals surface area contributed by atoms with Gasteiger partial charge in [-0.25, -0.2) is 9.37 Å². The summed E-state index contributed by atoms with van der Waals surface area (Å²) in [6.07, 6.45) is 1.66. The molecule has 0 spiro atoms. The van der Waals surface area contributed by atoms with Crippen molar-refractivity contribution < 1.29 is 9.13 Å². The van der Waals surface area contributed by atoms with E-state index in [1.807, 2.05) is 0 Å². The summed E-state index contributed by atoms with van der Waals surface area (Å²) in [6.45, 7) is 0.370. The summed E-state index contributed by atoms with van der Waals surface area (Å²) in [5.74, 6) is 0.283. The summed E-state index contributed by atoms with van der Waals surface area (Å²) in [5, 5.41) is 0. The van der Waals surface area contributed by atoms with Crippen molar-refractivity contribution in [2.75, 3.05) is 0 Å². The molecule has 0 N–H and O–H groups in total. The second kappa shape index (κ2) is 5.12. The van der Waals surface area contributed by atoms with Crippen LogP contribution in [-0.2, 0) is 6.61 Å². The minimum Gasteiger partial charge on any atom is -0.487 e. The number of hydrogen-bond donors (Lipinski definition) is 0. The summed E-state index contributed by atoms with van der Waals surface area (Å²) in [5.41, 5.74) is 0. The molecule has 0 radical (unpaired) electrons. The van der Waals surface area contributed by atoms with Gasteiger partial charge in [-0.15, -0.1) is 11.3 Å². The van der Waals surface area contributed by atoms with Crippen LogP contribution in [0, 0.1) is 5.82 Å². The van der Waals surface area contributed by atoms with Gasteiger partial charge >= 0.3 is 0 Å². The highest BCUT2D eigenvalue weighted by Crippen LogP contribution is 2.27. The number of hydrogen-bond acceptors (Lipinski definition) is 3. The largest absolute Gasteiger partial charge is 0.487 e. The minimum atomic E-state index is -0.306. The van der Waals surface area contributed by atoms with Crippen molar-refractivity contribution in [1.29, 1.82) is 0 Å². The van der Waals surface area contributed by atoms with Crippen LogP contribution < -0.4 is 4.74 Å². The first-order chi connectivity index (χ1) is 7.65. The fourth-order valence-corrected chi connectivity index (χ4v) is 2.45. The molecule has 0 aliphatic rings. The van der Waals surface area contributed by atoms with E-state index in [2.05, 4.69) is 20.9 Å². The van der Waals surface area contributed by atoms with E-state index in [1.54, 1.807) is 12.3 Å². The van der Waals surface area contributed by atoms with Gasteiger partial charge in [-0.05, 0) is 34.1 Å². The summed E-state index contributed by atoms with van der Waals surface area (Å²) in [4.78, 5) is 4.82. The van der Waals surface area contributed by atoms with Crippen LogP contribution in [0.2, 0.25) is 4.47 Å². The van der Waals surface area contributed by atoms with Crippen molar-refractivity contribution in [1.82, 2.24) is 4.98 Å². The van der Waals surface area contributed by atoms with Crippen LogP contribution in [0.1, 0.15) is 4.88 Å². The third-order valence-electron chi connectivity index (χ3n) is 1.79. The molecule has 0 saturated carbocycles. The molecule has 0 unspecified atom stereocenters. The molecule has 0 bridgehead atoms. The van der Waals surface area contributed by atoms with Crippen LogP contribution in [0.4, 0.5) is 4.39 Å². The first-order valence-electron chi connectivity index (χ1n) is 4.33. The Bertz CT molecular complexity index is 505. The smallest absolute Gasteiger partial charge is 0.183 e. The first kappa shape index (κ1) is 11.8. The van der Waals surface area contributed by atoms with Crippen LogP contribution in [0.25, 0.3) is 0 Å². The second-order valence-corrected chi connectivity index (χ2v) is 5.49. The molecule has 84 valence electrons. The van der Waals surface area contributed by atoms with E-state index in [-0.39, 0.29) is 5.82 Å². The van der Waals surface area contributed by atoms with Gasteiger partial charge in [0, 0.05) is 6.20 Å². The lowest BCUT2D eigenvalue weighted by Crippen LogP contribution is -1.93. The van der Waals surface area contributed by atoms with E-state index in [9.17, 15) is 4.39 Å². The van der Waals surface area contributed by atoms with E-state index in [1.165, 1.54) is 23.5 Å². The highest BCUT2D eigenvalue weighted by atomic mass is 79.9. The number of ether oxygens (including phenoxy) is 1. The van der Waals surface area contributed by atoms with Gasteiger partial charge in [0.1, 0.15) is 18.2 Å². The third-order valence-corrected chi connectivity index (χ3v) is 3.50. The summed E-state index contributed by atoms with van der Waals surface area (Å²) in [7, 11) is 0. The van der Waals surface area contributed by atoms with Gasteiger partial charge in [-0.1, -0.05) is 11.6 Å². The molecule has 16 heavy (non-hydrogen) atoms. The van der Waals surface area contributed by atoms with E-state index in [4.69, 9.17) is 16.3 Å². The topological polar surface area (TPSA) is 22.1 Å². The lowest BCUT2D eigenvalue weighted by atomic mass is 10.3. The zero-order chi connectivity index (χ0) is 11.5. The molecule has 6 heteroatoms. The van der Waals surface area contributed by atoms with Crippen molar-refractivity contribution in [2.24, 2.45) is 0 Å². The van der Waals surface area contributed by atoms with Crippen molar-refractivity contribution >= 4 is 38.9 Å². The highest BCUT2D eigenvalue weighted by molar-refractivity contribution is 9.10. The van der Waals surface area contributed by atoms with Crippen LogP contribution in [0.3, 0.4) is 0 Å². The maximum Gasteiger partial charge on any atom is 0.183 e. The summed E-state index contributed by atoms with van der Waals surface area (Å²) < 4.78 is 19.4. The van der Waals surface area contributed by atoms with Gasteiger partial charge in [0.2, 0.25) is 0 Å². The standard InChI is InChI=1S/C10H6BrClFNOS/c11-8-3-6(13)1-2-9(8)15-5-7-4-14-10(12)16-7/h1-4H,5H2. The Hall–Kier alpha value is -0.650. The maximum absolute atomic E-state index is 12.8. The number of rotatable bonds is 3. The van der Waals surface area contributed by atoms with Crippen LogP contribution in [0.15, 0.2) is 28.9 Å². The van der Waals surface area contributed by atoms with Gasteiger partial charge in [0.15, 0.2) is 4.47 Å². The molecule has 0 aliphatic carbocycles. The molecule has 0 amide bonds. The monoisotopic (exact) mass is 321 g/mol. The lowest BCUT2D eigenvalue weighted by molar-refractivity contribution is 0.307. The molecule has 0 fully saturated rings. The molecular formula is C10H6BrClFNOS. The average Bonchev–Trinajstić information content (AvgIpc) is 2.63. The molecule has 1 aromatic carbocycles. The Morgan fingerprint density at radius 3 is 2.94 bits per heavy atom. The van der Waals surface area contributed by atoms with Crippen molar-refractivity contribution in [3.63, 3.8) is 0 Å². The van der Waals surface area contributed by atoms with Crippen LogP contribution in [0.5, 0.6) is 5.75 Å². The number of benzene rings is 1. The quantitative estimate of drug-likeness (QED) is 0.841. The highest BCUT2D eigenvalue weighted by Gasteiger charge is 2.04. The Balaban J connectivity index is 2.04. The van der Waals surface area contributed by atoms with Gasteiger partial charge in [0.25, 0.3) is 0 Å². The minimum absolute atomic E-state index is 0.306. The molecule has 0 saturated heterocycles. The van der Waals surface area contributed by atoms with Crippen molar-refractivity contribution in [3.8, 4) is 5.75 Å². The van der Waals surface area contributed by atoms with Gasteiger partial charge in [-0.3, -0.25) is 0 Å². The first-order valence-corrected chi connectivity index (χ1v) is 6.32. The third kappa shape index (κ3) is 2.93. The SMILES string of the molecule is Fc1ccc(OCc2cnc(Cl)s2)c(Br)c1. The fraction of sp³-hybridized carbons (Fsp3) is 0.100. The predicted octanol–water partition coefficient (Wildman–Crippen LogP) is 4.28.